The van der Waals surface area contributed by atoms with Crippen molar-refractivity contribution in [3.05, 3.63) is 0 Å². The summed E-state index contributed by atoms with van der Waals surface area (Å²) in [7, 11) is 0. The number of fused-ring (bicyclic) bond motifs is 5. The largest absolute Gasteiger partial charge is 0.550 e. The fourth-order valence-electron chi connectivity index (χ4n) is 8.71. The van der Waals surface area contributed by atoms with E-state index in [0.717, 1.165) is 38.6 Å². The van der Waals surface area contributed by atoms with E-state index in [1.165, 1.54) is 39.5 Å². The van der Waals surface area contributed by atoms with Crippen molar-refractivity contribution in [1.82, 2.24) is 0 Å². The van der Waals surface area contributed by atoms with Crippen LogP contribution in [0.25, 0.3) is 0 Å². The number of aliphatic carboxylic acids is 1. The average molecular weight is 510 g/mol. The molecular formula is C30H55NO5. The number of aliphatic hydroxyl groups is 2. The highest BCUT2D eigenvalue weighted by Crippen LogP contribution is 2.68. The van der Waals surface area contributed by atoms with E-state index in [-0.39, 0.29) is 35.2 Å². The van der Waals surface area contributed by atoms with Crippen LogP contribution < -0.4 is 10.8 Å². The standard InChI is InChI=1S/C24H40O4.C3H9N.C3H6O/c1-14(4-9-22(27)28)18-7-8-19-17-6-5-15-12-16(25)10-11-23(15,2)20(17)13-21(26)24(18,19)3;1-2-3-4;1-3(2)4/h14-21,25-26H,4-13H2,1-3H3,(H,27,28);2-4H2,1H3;1-2H3/t14-,15-,16-,17+,18-,19+,20+,21+,23+,24-;;/m1../s1. The lowest BCUT2D eigenvalue weighted by Crippen LogP contribution is -2.58. The Hall–Kier alpha value is -0.980. The van der Waals surface area contributed by atoms with Crippen LogP contribution in [0.15, 0.2) is 0 Å². The second kappa shape index (κ2) is 13.2. The van der Waals surface area contributed by atoms with Crippen LogP contribution in [-0.4, -0.2) is 40.7 Å². The molecule has 0 aromatic rings. The van der Waals surface area contributed by atoms with Gasteiger partial charge >= 0.3 is 0 Å². The molecule has 0 aliphatic heterocycles. The zero-order valence-electron chi connectivity index (χ0n) is 23.9. The molecule has 10 atom stereocenters. The molecule has 4 saturated carbocycles. The first kappa shape index (κ1) is 31.2. The van der Waals surface area contributed by atoms with Crippen molar-refractivity contribution in [3.63, 3.8) is 0 Å². The highest BCUT2D eigenvalue weighted by molar-refractivity contribution is 5.72. The van der Waals surface area contributed by atoms with E-state index in [1.54, 1.807) is 0 Å². The van der Waals surface area contributed by atoms with Gasteiger partial charge in [-0.15, -0.1) is 0 Å². The zero-order valence-corrected chi connectivity index (χ0v) is 23.9. The van der Waals surface area contributed by atoms with Crippen molar-refractivity contribution in [2.75, 3.05) is 6.54 Å². The smallest absolute Gasteiger partial charge is 0.126 e. The van der Waals surface area contributed by atoms with E-state index < -0.39 is 5.97 Å². The van der Waals surface area contributed by atoms with Crippen LogP contribution in [0.3, 0.4) is 0 Å². The van der Waals surface area contributed by atoms with Gasteiger partial charge in [0.05, 0.1) is 18.8 Å². The lowest BCUT2D eigenvalue weighted by molar-refractivity contribution is -0.367. The maximum atomic E-state index is 11.5. The minimum atomic E-state index is -0.957. The van der Waals surface area contributed by atoms with Crippen molar-refractivity contribution < 1.29 is 30.6 Å². The van der Waals surface area contributed by atoms with Crippen LogP contribution >= 0.6 is 0 Å². The van der Waals surface area contributed by atoms with Crippen LogP contribution in [0.4, 0.5) is 0 Å². The molecule has 5 N–H and O–H groups in total. The summed E-state index contributed by atoms with van der Waals surface area (Å²) in [6.45, 7) is 13.2. The summed E-state index contributed by atoms with van der Waals surface area (Å²) < 4.78 is 0. The minimum absolute atomic E-state index is 0.0795. The summed E-state index contributed by atoms with van der Waals surface area (Å²) in [5, 5.41) is 32.6. The lowest BCUT2D eigenvalue weighted by atomic mass is 9.43. The third-order valence-corrected chi connectivity index (χ3v) is 10.7. The van der Waals surface area contributed by atoms with Crippen molar-refractivity contribution in [1.29, 1.82) is 0 Å². The minimum Gasteiger partial charge on any atom is -0.550 e. The Morgan fingerprint density at radius 3 is 2.19 bits per heavy atom. The van der Waals surface area contributed by atoms with E-state index >= 15 is 0 Å². The molecule has 0 aromatic heterocycles. The number of carboxylic acids is 1. The average Bonchev–Trinajstić information content (AvgIpc) is 3.17. The Balaban J connectivity index is 0.000000501. The van der Waals surface area contributed by atoms with Crippen LogP contribution in [-0.2, 0) is 9.59 Å². The number of rotatable bonds is 5. The maximum Gasteiger partial charge on any atom is 0.126 e. The number of carbonyl (C=O) groups excluding carboxylic acids is 2. The number of Topliss-reactive ketones (excluding diaryl/α,β-unsaturated/α-hetero) is 1. The van der Waals surface area contributed by atoms with Crippen LogP contribution in [0.2, 0.25) is 0 Å². The molecule has 4 aliphatic carbocycles. The maximum absolute atomic E-state index is 11.5. The Bertz CT molecular complexity index is 722. The van der Waals surface area contributed by atoms with Gasteiger partial charge in [0.2, 0.25) is 0 Å². The predicted molar refractivity (Wildman–Crippen MR) is 140 cm³/mol. The summed E-state index contributed by atoms with van der Waals surface area (Å²) >= 11 is 0. The van der Waals surface area contributed by atoms with Gasteiger partial charge in [0, 0.05) is 5.97 Å². The second-order valence-corrected chi connectivity index (χ2v) is 13.0. The summed E-state index contributed by atoms with van der Waals surface area (Å²) in [4.78, 5) is 20.4. The van der Waals surface area contributed by atoms with Gasteiger partial charge in [-0.2, -0.15) is 0 Å². The fourth-order valence-corrected chi connectivity index (χ4v) is 8.71. The van der Waals surface area contributed by atoms with E-state index in [4.69, 9.17) is 0 Å². The number of hydrogen-bond acceptors (Lipinski definition) is 5. The molecule has 36 heavy (non-hydrogen) atoms. The van der Waals surface area contributed by atoms with Crippen LogP contribution in [0, 0.1) is 46.3 Å². The fraction of sp³-hybridized carbons (Fsp3) is 0.933. The van der Waals surface area contributed by atoms with E-state index in [9.17, 15) is 24.9 Å². The first-order chi connectivity index (χ1) is 16.8. The number of carbonyl (C=O) groups is 2. The Morgan fingerprint density at radius 1 is 1.03 bits per heavy atom. The molecular weight excluding hydrogens is 454 g/mol. The van der Waals surface area contributed by atoms with E-state index in [1.807, 2.05) is 0 Å². The SMILES string of the molecule is CC(C)=O.CCC[NH3+].C[C@H](CCC(=O)[O-])[C@H]1CC[C@H]2[C@@H]3CC[C@@H]4C[C@H](O)CC[C@]4(C)[C@H]3C[C@H](O)[C@]12C. The molecule has 6 heteroatoms. The number of ketones is 1. The summed E-state index contributed by atoms with van der Waals surface area (Å²) in [6, 6.07) is 0. The van der Waals surface area contributed by atoms with Crippen molar-refractivity contribution in [2.45, 2.75) is 124 Å². The molecule has 0 saturated heterocycles. The molecule has 0 heterocycles. The number of quaternary nitrogens is 1. The molecule has 210 valence electrons. The van der Waals surface area contributed by atoms with Crippen molar-refractivity contribution in [3.8, 4) is 0 Å². The third kappa shape index (κ3) is 6.71. The van der Waals surface area contributed by atoms with Gasteiger partial charge < -0.3 is 30.6 Å². The molecule has 0 radical (unpaired) electrons. The monoisotopic (exact) mass is 509 g/mol. The molecule has 6 nitrogen and oxygen atoms in total. The normalized spacial score (nSPS) is 41.8. The van der Waals surface area contributed by atoms with Gasteiger partial charge in [0.25, 0.3) is 0 Å². The number of aliphatic hydroxyl groups excluding tert-OH is 2. The molecule has 0 aromatic carbocycles. The predicted octanol–water partition coefficient (Wildman–Crippen LogP) is 3.38. The molecule has 0 amide bonds. The second-order valence-electron chi connectivity index (χ2n) is 13.0. The first-order valence-electron chi connectivity index (χ1n) is 14.6. The number of carboxylic acid groups (broad SMARTS) is 1. The topological polar surface area (TPSA) is 125 Å². The van der Waals surface area contributed by atoms with Gasteiger partial charge in [-0.05, 0) is 131 Å². The Labute approximate surface area is 219 Å². The Kier molecular flexibility index (Phi) is 11.4. The molecule has 4 aliphatic rings. The quantitative estimate of drug-likeness (QED) is 0.524. The van der Waals surface area contributed by atoms with Gasteiger partial charge in [-0.3, -0.25) is 0 Å². The van der Waals surface area contributed by atoms with Crippen LogP contribution in [0.5, 0.6) is 0 Å². The summed E-state index contributed by atoms with van der Waals surface area (Å²) in [5.41, 5.74) is 3.79. The van der Waals surface area contributed by atoms with Gasteiger partial charge in [0.1, 0.15) is 5.78 Å². The molecule has 4 rings (SSSR count). The summed E-state index contributed by atoms with van der Waals surface area (Å²) in [5.74, 6) is 2.35. The van der Waals surface area contributed by atoms with Gasteiger partial charge in [0.15, 0.2) is 0 Å². The molecule has 0 bridgehead atoms. The van der Waals surface area contributed by atoms with E-state index in [2.05, 4.69) is 33.4 Å². The number of hydrogen-bond donors (Lipinski definition) is 3. The van der Waals surface area contributed by atoms with Gasteiger partial charge in [-0.25, -0.2) is 0 Å². The highest BCUT2D eigenvalue weighted by Gasteiger charge is 2.63. The summed E-state index contributed by atoms with van der Waals surface area (Å²) in [6.07, 6.45) is 10.2. The first-order valence-corrected chi connectivity index (χ1v) is 14.6. The van der Waals surface area contributed by atoms with Gasteiger partial charge in [-0.1, -0.05) is 27.7 Å². The Morgan fingerprint density at radius 2 is 1.64 bits per heavy atom. The third-order valence-electron chi connectivity index (χ3n) is 10.7. The molecule has 0 spiro atoms. The van der Waals surface area contributed by atoms with Crippen molar-refractivity contribution in [2.24, 2.45) is 46.3 Å². The highest BCUT2D eigenvalue weighted by atomic mass is 16.4. The lowest BCUT2D eigenvalue weighted by Gasteiger charge is -2.62. The van der Waals surface area contributed by atoms with Crippen LogP contribution in [0.1, 0.15) is 112 Å². The van der Waals surface area contributed by atoms with Crippen molar-refractivity contribution >= 4 is 11.8 Å². The van der Waals surface area contributed by atoms with E-state index in [0.29, 0.717) is 41.9 Å². The molecule has 4 fully saturated rings. The zero-order chi connectivity index (χ0) is 27.3. The molecule has 0 unspecified atom stereocenters.